The maximum absolute atomic E-state index is 13.1. The molecule has 1 heterocycles. The van der Waals surface area contributed by atoms with Crippen LogP contribution in [0.15, 0.2) is 65.5 Å². The molecule has 0 aliphatic carbocycles. The number of carbonyl (C=O) groups is 2. The summed E-state index contributed by atoms with van der Waals surface area (Å²) >= 11 is 0. The molecule has 166 valence electrons. The van der Waals surface area contributed by atoms with Crippen molar-refractivity contribution in [3.8, 4) is 5.75 Å². The lowest BCUT2D eigenvalue weighted by molar-refractivity contribution is -0.137. The molecule has 1 aromatic heterocycles. The predicted octanol–water partition coefficient (Wildman–Crippen LogP) is 3.16. The van der Waals surface area contributed by atoms with E-state index in [0.717, 1.165) is 18.2 Å². The number of ether oxygens (including phenoxy) is 1. The molecule has 2 amide bonds. The van der Waals surface area contributed by atoms with Crippen LogP contribution in [0.2, 0.25) is 0 Å². The molecule has 0 saturated heterocycles. The van der Waals surface area contributed by atoms with Crippen molar-refractivity contribution in [3.05, 3.63) is 82.3 Å². The lowest BCUT2D eigenvalue weighted by Crippen LogP contribution is -2.31. The number of nitrogens with one attached hydrogen (secondary N) is 2. The van der Waals surface area contributed by atoms with Crippen LogP contribution >= 0.6 is 0 Å². The number of carbonyl (C=O) groups excluding carboxylic acids is 2. The molecule has 32 heavy (non-hydrogen) atoms. The summed E-state index contributed by atoms with van der Waals surface area (Å²) in [5, 5.41) is 8.54. The summed E-state index contributed by atoms with van der Waals surface area (Å²) in [6.07, 6.45) is -4.67. The third-order valence-electron chi connectivity index (χ3n) is 4.25. The smallest absolute Gasteiger partial charge is 0.418 e. The van der Waals surface area contributed by atoms with Gasteiger partial charge in [-0.05, 0) is 42.5 Å². The Morgan fingerprint density at radius 3 is 2.34 bits per heavy atom. The minimum absolute atomic E-state index is 0.163. The minimum atomic E-state index is -4.67. The number of alkyl halides is 3. The Morgan fingerprint density at radius 2 is 1.69 bits per heavy atom. The standard InChI is InChI=1S/C21H17F3N4O4/c1-32-14-8-6-13(7-9-14)25-20(31)17-10-11-19(30)28(27-17)12-18(29)26-16-5-3-2-4-15(16)21(22,23)24/h2-11H,12H2,1H3,(H,25,31)(H,26,29). The first-order valence-corrected chi connectivity index (χ1v) is 9.17. The van der Waals surface area contributed by atoms with Crippen molar-refractivity contribution >= 4 is 23.2 Å². The van der Waals surface area contributed by atoms with E-state index < -0.39 is 41.3 Å². The molecule has 0 aliphatic rings. The van der Waals surface area contributed by atoms with Gasteiger partial charge in [-0.15, -0.1) is 0 Å². The van der Waals surface area contributed by atoms with E-state index in [1.165, 1.54) is 25.3 Å². The van der Waals surface area contributed by atoms with E-state index in [2.05, 4.69) is 15.7 Å². The van der Waals surface area contributed by atoms with Crippen molar-refractivity contribution in [2.24, 2.45) is 0 Å². The minimum Gasteiger partial charge on any atom is -0.497 e. The van der Waals surface area contributed by atoms with Gasteiger partial charge in [-0.2, -0.15) is 18.3 Å². The largest absolute Gasteiger partial charge is 0.497 e. The highest BCUT2D eigenvalue weighted by Crippen LogP contribution is 2.34. The third-order valence-corrected chi connectivity index (χ3v) is 4.25. The first-order chi connectivity index (χ1) is 15.2. The topological polar surface area (TPSA) is 102 Å². The van der Waals surface area contributed by atoms with Gasteiger partial charge in [0.15, 0.2) is 0 Å². The average molecular weight is 446 g/mol. The van der Waals surface area contributed by atoms with Crippen molar-refractivity contribution in [1.29, 1.82) is 0 Å². The number of hydrogen-bond donors (Lipinski definition) is 2. The summed E-state index contributed by atoms with van der Waals surface area (Å²) < 4.78 is 45.0. The Morgan fingerprint density at radius 1 is 1.00 bits per heavy atom. The van der Waals surface area contributed by atoms with Crippen LogP contribution in [-0.2, 0) is 17.5 Å². The average Bonchev–Trinajstić information content (AvgIpc) is 2.75. The van der Waals surface area contributed by atoms with Gasteiger partial charge < -0.3 is 15.4 Å². The molecule has 2 aromatic carbocycles. The van der Waals surface area contributed by atoms with Crippen molar-refractivity contribution in [2.75, 3.05) is 17.7 Å². The van der Waals surface area contributed by atoms with Gasteiger partial charge in [-0.3, -0.25) is 14.4 Å². The van der Waals surface area contributed by atoms with Gasteiger partial charge in [-0.25, -0.2) is 4.68 Å². The van der Waals surface area contributed by atoms with Gasteiger partial charge in [-0.1, -0.05) is 12.1 Å². The molecule has 0 atom stereocenters. The molecule has 3 rings (SSSR count). The number of nitrogens with zero attached hydrogens (tertiary/aromatic N) is 2. The Kier molecular flexibility index (Phi) is 6.57. The SMILES string of the molecule is COc1ccc(NC(=O)c2ccc(=O)n(CC(=O)Nc3ccccc3C(F)(F)F)n2)cc1. The number of para-hydroxylation sites is 1. The highest BCUT2D eigenvalue weighted by atomic mass is 19.4. The van der Waals surface area contributed by atoms with Crippen molar-refractivity contribution in [3.63, 3.8) is 0 Å². The Bertz CT molecular complexity index is 1190. The van der Waals surface area contributed by atoms with Crippen LogP contribution < -0.4 is 20.9 Å². The van der Waals surface area contributed by atoms with Crippen molar-refractivity contribution in [1.82, 2.24) is 9.78 Å². The summed E-state index contributed by atoms with van der Waals surface area (Å²) in [5.74, 6) is -0.969. The summed E-state index contributed by atoms with van der Waals surface area (Å²) in [7, 11) is 1.50. The van der Waals surface area contributed by atoms with E-state index >= 15 is 0 Å². The maximum Gasteiger partial charge on any atom is 0.418 e. The van der Waals surface area contributed by atoms with Crippen LogP contribution in [0.4, 0.5) is 24.5 Å². The highest BCUT2D eigenvalue weighted by molar-refractivity contribution is 6.02. The molecule has 0 saturated carbocycles. The van der Waals surface area contributed by atoms with Crippen LogP contribution in [0.25, 0.3) is 0 Å². The van der Waals surface area contributed by atoms with E-state index in [1.807, 2.05) is 0 Å². The fourth-order valence-electron chi connectivity index (χ4n) is 2.72. The van der Waals surface area contributed by atoms with E-state index in [4.69, 9.17) is 4.74 Å². The maximum atomic E-state index is 13.1. The summed E-state index contributed by atoms with van der Waals surface area (Å²) in [4.78, 5) is 36.7. The molecule has 3 aromatic rings. The van der Waals surface area contributed by atoms with Crippen LogP contribution in [0.1, 0.15) is 16.1 Å². The first-order valence-electron chi connectivity index (χ1n) is 9.17. The Hall–Kier alpha value is -4.15. The quantitative estimate of drug-likeness (QED) is 0.606. The van der Waals surface area contributed by atoms with Gasteiger partial charge in [0.1, 0.15) is 18.0 Å². The van der Waals surface area contributed by atoms with Crippen molar-refractivity contribution in [2.45, 2.75) is 12.7 Å². The zero-order valence-electron chi connectivity index (χ0n) is 16.6. The lowest BCUT2D eigenvalue weighted by Gasteiger charge is -2.14. The summed E-state index contributed by atoms with van der Waals surface area (Å²) in [5.41, 5.74) is -1.90. The van der Waals surface area contributed by atoms with Gasteiger partial charge in [0.05, 0.1) is 18.4 Å². The molecule has 0 unspecified atom stereocenters. The summed E-state index contributed by atoms with van der Waals surface area (Å²) in [6, 6.07) is 13.1. The van der Waals surface area contributed by atoms with Crippen LogP contribution in [-0.4, -0.2) is 28.7 Å². The Balaban J connectivity index is 1.74. The van der Waals surface area contributed by atoms with Gasteiger partial charge in [0.2, 0.25) is 5.91 Å². The van der Waals surface area contributed by atoms with Gasteiger partial charge in [0.25, 0.3) is 11.5 Å². The molecule has 0 aliphatic heterocycles. The van der Waals surface area contributed by atoms with Crippen LogP contribution in [0, 0.1) is 0 Å². The normalized spacial score (nSPS) is 11.0. The zero-order chi connectivity index (χ0) is 23.3. The number of benzene rings is 2. The summed E-state index contributed by atoms with van der Waals surface area (Å²) in [6.45, 7) is -0.686. The van der Waals surface area contributed by atoms with E-state index in [1.54, 1.807) is 24.3 Å². The predicted molar refractivity (Wildman–Crippen MR) is 110 cm³/mol. The van der Waals surface area contributed by atoms with Gasteiger partial charge >= 0.3 is 6.18 Å². The van der Waals surface area contributed by atoms with Crippen LogP contribution in [0.5, 0.6) is 5.75 Å². The van der Waals surface area contributed by atoms with E-state index in [0.29, 0.717) is 16.1 Å². The monoisotopic (exact) mass is 446 g/mol. The third kappa shape index (κ3) is 5.50. The number of methoxy groups -OCH3 is 1. The van der Waals surface area contributed by atoms with Gasteiger partial charge in [0, 0.05) is 11.8 Å². The molecule has 8 nitrogen and oxygen atoms in total. The first kappa shape index (κ1) is 22.5. The molecule has 0 radical (unpaired) electrons. The number of rotatable bonds is 6. The number of halogens is 3. The second-order valence-corrected chi connectivity index (χ2v) is 6.49. The highest BCUT2D eigenvalue weighted by Gasteiger charge is 2.33. The number of aromatic nitrogens is 2. The lowest BCUT2D eigenvalue weighted by atomic mass is 10.1. The molecule has 0 fully saturated rings. The molecular formula is C21H17F3N4O4. The van der Waals surface area contributed by atoms with Crippen molar-refractivity contribution < 1.29 is 27.5 Å². The van der Waals surface area contributed by atoms with E-state index in [-0.39, 0.29) is 5.69 Å². The zero-order valence-corrected chi connectivity index (χ0v) is 16.6. The number of anilines is 2. The molecule has 0 spiro atoms. The number of hydrogen-bond acceptors (Lipinski definition) is 5. The number of amides is 2. The second-order valence-electron chi connectivity index (χ2n) is 6.49. The molecule has 0 bridgehead atoms. The van der Waals surface area contributed by atoms with Crippen LogP contribution in [0.3, 0.4) is 0 Å². The Labute approximate surface area is 179 Å². The molecular weight excluding hydrogens is 429 g/mol. The second kappa shape index (κ2) is 9.33. The fourth-order valence-corrected chi connectivity index (χ4v) is 2.72. The fraction of sp³-hybridized carbons (Fsp3) is 0.143. The van der Waals surface area contributed by atoms with E-state index in [9.17, 15) is 27.6 Å². The molecule has 11 heteroatoms. The molecule has 2 N–H and O–H groups in total.